The average molecular weight is 350 g/mol. The van der Waals surface area contributed by atoms with Crippen LogP contribution in [0, 0.1) is 17.2 Å². The van der Waals surface area contributed by atoms with Crippen LogP contribution in [0.3, 0.4) is 0 Å². The predicted octanol–water partition coefficient (Wildman–Crippen LogP) is 2.76. The van der Waals surface area contributed by atoms with E-state index in [2.05, 4.69) is 26.6 Å². The molecule has 1 aromatic carbocycles. The highest BCUT2D eigenvalue weighted by molar-refractivity contribution is 9.10. The molecule has 0 aromatic heterocycles. The highest BCUT2D eigenvalue weighted by Gasteiger charge is 2.08. The van der Waals surface area contributed by atoms with Gasteiger partial charge in [0.15, 0.2) is 0 Å². The molecule has 0 fully saturated rings. The second-order valence-electron chi connectivity index (χ2n) is 5.07. The van der Waals surface area contributed by atoms with E-state index in [1.807, 2.05) is 44.2 Å². The summed E-state index contributed by atoms with van der Waals surface area (Å²) in [4.78, 5) is 11.7. The molecule has 0 heterocycles. The molecule has 112 valence electrons. The van der Waals surface area contributed by atoms with Gasteiger partial charge in [0.05, 0.1) is 0 Å². The topological polar surface area (TPSA) is 64.9 Å². The van der Waals surface area contributed by atoms with E-state index in [4.69, 9.17) is 5.26 Å². The lowest BCUT2D eigenvalue weighted by atomic mass is 10.1. The number of hydrogen-bond donors (Lipinski definition) is 2. The summed E-state index contributed by atoms with van der Waals surface area (Å²) < 4.78 is 1.06. The molecule has 21 heavy (non-hydrogen) atoms. The fourth-order valence-corrected chi connectivity index (χ4v) is 2.11. The van der Waals surface area contributed by atoms with Crippen molar-refractivity contribution in [2.75, 3.05) is 13.1 Å². The predicted molar refractivity (Wildman–Crippen MR) is 87.4 cm³/mol. The van der Waals surface area contributed by atoms with Crippen molar-refractivity contribution in [3.63, 3.8) is 0 Å². The Bertz CT molecular complexity index is 547. The average Bonchev–Trinajstić information content (AvgIpc) is 2.46. The molecule has 0 aliphatic carbocycles. The molecule has 0 atom stereocenters. The maximum Gasteiger partial charge on any atom is 0.263 e. The van der Waals surface area contributed by atoms with Crippen molar-refractivity contribution < 1.29 is 4.79 Å². The summed E-state index contributed by atoms with van der Waals surface area (Å²) in [6.07, 6.45) is 2.29. The Morgan fingerprint density at radius 3 is 2.76 bits per heavy atom. The second-order valence-corrected chi connectivity index (χ2v) is 5.92. The Balaban J connectivity index is 2.45. The highest BCUT2D eigenvalue weighted by atomic mass is 79.9. The molecule has 1 rings (SSSR count). The summed E-state index contributed by atoms with van der Waals surface area (Å²) in [6.45, 7) is 5.23. The summed E-state index contributed by atoms with van der Waals surface area (Å²) >= 11 is 3.49. The Morgan fingerprint density at radius 1 is 1.43 bits per heavy atom. The largest absolute Gasteiger partial charge is 0.389 e. The van der Waals surface area contributed by atoms with Crippen molar-refractivity contribution in [1.29, 1.82) is 5.26 Å². The summed E-state index contributed by atoms with van der Waals surface area (Å²) in [5.74, 6) is 0.0249. The third kappa shape index (κ3) is 6.46. The van der Waals surface area contributed by atoms with E-state index in [9.17, 15) is 4.79 Å². The first-order chi connectivity index (χ1) is 10.0. The number of amides is 1. The fourth-order valence-electron chi connectivity index (χ4n) is 1.62. The van der Waals surface area contributed by atoms with Crippen LogP contribution in [0.1, 0.15) is 19.4 Å². The van der Waals surface area contributed by atoms with Gasteiger partial charge >= 0.3 is 0 Å². The van der Waals surface area contributed by atoms with E-state index in [1.54, 1.807) is 0 Å². The van der Waals surface area contributed by atoms with Gasteiger partial charge in [-0.1, -0.05) is 48.0 Å². The molecule has 1 aromatic rings. The van der Waals surface area contributed by atoms with Gasteiger partial charge < -0.3 is 10.6 Å². The molecule has 0 radical (unpaired) electrons. The van der Waals surface area contributed by atoms with Gasteiger partial charge in [-0.3, -0.25) is 4.79 Å². The number of nitrogens with zero attached hydrogens (tertiary/aromatic N) is 1. The molecule has 0 saturated heterocycles. The van der Waals surface area contributed by atoms with Gasteiger partial charge in [-0.15, -0.1) is 0 Å². The van der Waals surface area contributed by atoms with E-state index in [0.29, 0.717) is 19.0 Å². The van der Waals surface area contributed by atoms with Gasteiger partial charge in [-0.25, -0.2) is 0 Å². The van der Waals surface area contributed by atoms with Crippen LogP contribution in [-0.4, -0.2) is 19.0 Å². The van der Waals surface area contributed by atoms with Crippen molar-refractivity contribution in [3.8, 4) is 6.07 Å². The maximum absolute atomic E-state index is 11.7. The van der Waals surface area contributed by atoms with Crippen molar-refractivity contribution in [2.45, 2.75) is 20.3 Å². The first-order valence-electron chi connectivity index (χ1n) is 6.90. The smallest absolute Gasteiger partial charge is 0.263 e. The van der Waals surface area contributed by atoms with Crippen molar-refractivity contribution in [1.82, 2.24) is 10.6 Å². The van der Waals surface area contributed by atoms with Crippen LogP contribution in [0.4, 0.5) is 0 Å². The minimum Gasteiger partial charge on any atom is -0.389 e. The summed E-state index contributed by atoms with van der Waals surface area (Å²) in [6, 6.07) is 9.89. The Kier molecular flexibility index (Phi) is 7.55. The van der Waals surface area contributed by atoms with E-state index >= 15 is 0 Å². The van der Waals surface area contributed by atoms with Crippen LogP contribution in [0.2, 0.25) is 0 Å². The zero-order valence-corrected chi connectivity index (χ0v) is 13.9. The number of halogens is 1. The highest BCUT2D eigenvalue weighted by Crippen LogP contribution is 2.15. The molecule has 0 aliphatic rings. The van der Waals surface area contributed by atoms with Gasteiger partial charge in [-0.05, 0) is 24.0 Å². The van der Waals surface area contributed by atoms with Crippen molar-refractivity contribution in [3.05, 3.63) is 46.1 Å². The molecular formula is C16H20BrN3O. The number of nitrogens with one attached hydrogen (secondary N) is 2. The first-order valence-corrected chi connectivity index (χ1v) is 7.69. The summed E-state index contributed by atoms with van der Waals surface area (Å²) in [7, 11) is 0. The molecule has 4 nitrogen and oxygen atoms in total. The standard InChI is InChI=1S/C16H20BrN3O/c1-12(2)10-20-16(21)14(9-18)11-19-8-7-13-5-3-4-6-15(13)17/h3-6,11-12,19H,7-8,10H2,1-2H3,(H,20,21)/b14-11-. The molecule has 0 spiro atoms. The van der Waals surface area contributed by atoms with Crippen molar-refractivity contribution >= 4 is 21.8 Å². The number of hydrogen-bond acceptors (Lipinski definition) is 3. The number of nitriles is 1. The van der Waals surface area contributed by atoms with Crippen LogP contribution < -0.4 is 10.6 Å². The van der Waals surface area contributed by atoms with Gasteiger partial charge in [0.1, 0.15) is 11.6 Å². The lowest BCUT2D eigenvalue weighted by Crippen LogP contribution is -2.29. The Morgan fingerprint density at radius 2 is 2.14 bits per heavy atom. The summed E-state index contributed by atoms with van der Waals surface area (Å²) in [5, 5.41) is 14.7. The maximum atomic E-state index is 11.7. The number of rotatable bonds is 7. The van der Waals surface area contributed by atoms with E-state index < -0.39 is 0 Å². The van der Waals surface area contributed by atoms with Crippen LogP contribution >= 0.6 is 15.9 Å². The molecule has 0 unspecified atom stereocenters. The molecule has 0 bridgehead atoms. The lowest BCUT2D eigenvalue weighted by Gasteiger charge is -2.07. The van der Waals surface area contributed by atoms with Crippen LogP contribution in [-0.2, 0) is 11.2 Å². The third-order valence-electron chi connectivity index (χ3n) is 2.78. The zero-order chi connectivity index (χ0) is 15.7. The van der Waals surface area contributed by atoms with Crippen molar-refractivity contribution in [2.24, 2.45) is 5.92 Å². The summed E-state index contributed by atoms with van der Waals surface area (Å²) in [5.41, 5.74) is 1.28. The van der Waals surface area contributed by atoms with E-state index in [-0.39, 0.29) is 11.5 Å². The Hall–Kier alpha value is -1.80. The minimum atomic E-state index is -0.334. The Labute approximate surface area is 134 Å². The first kappa shape index (κ1) is 17.3. The monoisotopic (exact) mass is 349 g/mol. The molecule has 0 saturated carbocycles. The van der Waals surface area contributed by atoms with Gasteiger partial charge in [0, 0.05) is 23.8 Å². The zero-order valence-electron chi connectivity index (χ0n) is 12.3. The van der Waals surface area contributed by atoms with E-state index in [0.717, 1.165) is 10.9 Å². The molecule has 1 amide bonds. The normalized spacial score (nSPS) is 11.1. The molecular weight excluding hydrogens is 330 g/mol. The van der Waals surface area contributed by atoms with Gasteiger partial charge in [0.2, 0.25) is 0 Å². The number of carbonyl (C=O) groups is 1. The minimum absolute atomic E-state index is 0.0998. The van der Waals surface area contributed by atoms with Crippen LogP contribution in [0.25, 0.3) is 0 Å². The lowest BCUT2D eigenvalue weighted by molar-refractivity contribution is -0.117. The van der Waals surface area contributed by atoms with Gasteiger partial charge in [0.25, 0.3) is 5.91 Å². The van der Waals surface area contributed by atoms with Crippen LogP contribution in [0.15, 0.2) is 40.5 Å². The quantitative estimate of drug-likeness (QED) is 0.452. The second kappa shape index (κ2) is 9.19. The third-order valence-corrected chi connectivity index (χ3v) is 3.55. The molecule has 0 aliphatic heterocycles. The van der Waals surface area contributed by atoms with Gasteiger partial charge in [-0.2, -0.15) is 5.26 Å². The fraction of sp³-hybridized carbons (Fsp3) is 0.375. The number of carbonyl (C=O) groups excluding carboxylic acids is 1. The molecule has 2 N–H and O–H groups in total. The van der Waals surface area contributed by atoms with Crippen LogP contribution in [0.5, 0.6) is 0 Å². The number of benzene rings is 1. The molecule has 5 heteroatoms. The SMILES string of the molecule is CC(C)CNC(=O)/C(C#N)=C\NCCc1ccccc1Br. The van der Waals surface area contributed by atoms with E-state index in [1.165, 1.54) is 11.8 Å².